The third-order valence-electron chi connectivity index (χ3n) is 12.3. The van der Waals surface area contributed by atoms with Gasteiger partial charge in [0.1, 0.15) is 11.2 Å². The van der Waals surface area contributed by atoms with Gasteiger partial charge < -0.3 is 8.98 Å². The first-order valence-corrected chi connectivity index (χ1v) is 21.9. The summed E-state index contributed by atoms with van der Waals surface area (Å²) < 4.78 is 11.5. The van der Waals surface area contributed by atoms with Crippen molar-refractivity contribution in [2.75, 3.05) is 0 Å². The second-order valence-corrected chi connectivity index (χ2v) is 17.1. The molecule has 4 aromatic heterocycles. The maximum Gasteiger partial charge on any atom is 0.164 e. The Hall–Kier alpha value is -8.19. The number of furan rings is 1. The summed E-state index contributed by atoms with van der Waals surface area (Å²) in [6.07, 6.45) is 0. The zero-order valence-corrected chi connectivity index (χ0v) is 34.6. The minimum atomic E-state index is 0.588. The molecule has 294 valence electrons. The van der Waals surface area contributed by atoms with E-state index < -0.39 is 0 Å². The fraction of sp³-hybridized carbons (Fsp3) is 0. The summed E-state index contributed by atoms with van der Waals surface area (Å²) in [5.74, 6) is 1.84. The molecule has 0 aliphatic carbocycles. The molecule has 0 aliphatic rings. The molecule has 9 aromatic carbocycles. The average molecular weight is 823 g/mol. The molecule has 63 heavy (non-hydrogen) atoms. The molecule has 0 unspecified atom stereocenters. The SMILES string of the molecule is c1ccc(-c2ccc3c(c2)sc2cccc(-c4nc(-c5ccccc5)nc(-c5ccc6c(c5)oc5cc(-n7c8ccccc8c8cc(-c9ccccc9)ccc87)ccc56)n4)c23)cc1. The molecule has 0 bridgehead atoms. The van der Waals surface area contributed by atoms with Gasteiger partial charge in [0, 0.05) is 70.2 Å². The third kappa shape index (κ3) is 5.87. The van der Waals surface area contributed by atoms with Crippen LogP contribution < -0.4 is 0 Å². The Balaban J connectivity index is 0.934. The van der Waals surface area contributed by atoms with E-state index in [2.05, 4.69) is 180 Å². The van der Waals surface area contributed by atoms with Crippen LogP contribution >= 0.6 is 11.3 Å². The number of fused-ring (bicyclic) bond motifs is 9. The van der Waals surface area contributed by atoms with Crippen molar-refractivity contribution < 1.29 is 4.42 Å². The summed E-state index contributed by atoms with van der Waals surface area (Å²) in [5, 5.41) is 6.86. The average Bonchev–Trinajstić information content (AvgIpc) is 4.03. The lowest BCUT2D eigenvalue weighted by atomic mass is 10.0. The van der Waals surface area contributed by atoms with E-state index >= 15 is 0 Å². The van der Waals surface area contributed by atoms with Crippen LogP contribution in [0.15, 0.2) is 211 Å². The van der Waals surface area contributed by atoms with Crippen molar-refractivity contribution in [2.45, 2.75) is 0 Å². The standard InChI is InChI=1S/C57H34N4OS/c1-4-13-35(14-5-1)38-25-30-49-47(31-38)42-19-10-11-21-48(42)61(49)41-26-29-44-43-27-24-40(32-50(43)62-51(44)34-41)56-58-55(37-17-8-3-9-18-37)59-57(60-56)46-20-12-22-52-54(46)45-28-23-39(33-53(45)63-52)36-15-6-2-7-16-36/h1-34H. The molecule has 0 saturated carbocycles. The Morgan fingerprint density at radius 3 is 1.71 bits per heavy atom. The largest absolute Gasteiger partial charge is 0.456 e. The van der Waals surface area contributed by atoms with Crippen LogP contribution in [0.3, 0.4) is 0 Å². The topological polar surface area (TPSA) is 56.7 Å². The van der Waals surface area contributed by atoms with Crippen molar-refractivity contribution >= 4 is 75.3 Å². The fourth-order valence-electron chi connectivity index (χ4n) is 9.27. The van der Waals surface area contributed by atoms with Gasteiger partial charge in [-0.2, -0.15) is 0 Å². The van der Waals surface area contributed by atoms with E-state index in [1.165, 1.54) is 47.8 Å². The van der Waals surface area contributed by atoms with Crippen molar-refractivity contribution in [3.63, 3.8) is 0 Å². The van der Waals surface area contributed by atoms with Crippen LogP contribution in [0.1, 0.15) is 0 Å². The molecule has 0 aliphatic heterocycles. The van der Waals surface area contributed by atoms with Crippen LogP contribution in [0.2, 0.25) is 0 Å². The van der Waals surface area contributed by atoms with E-state index in [-0.39, 0.29) is 0 Å². The van der Waals surface area contributed by atoms with Crippen molar-refractivity contribution in [2.24, 2.45) is 0 Å². The summed E-state index contributed by atoms with van der Waals surface area (Å²) in [6, 6.07) is 72.7. The monoisotopic (exact) mass is 822 g/mol. The zero-order chi connectivity index (χ0) is 41.4. The van der Waals surface area contributed by atoms with E-state index in [4.69, 9.17) is 19.4 Å². The van der Waals surface area contributed by atoms with E-state index in [9.17, 15) is 0 Å². The predicted octanol–water partition coefficient (Wildman–Crippen LogP) is 15.6. The lowest BCUT2D eigenvalue weighted by Crippen LogP contribution is -2.00. The molecule has 4 heterocycles. The first-order chi connectivity index (χ1) is 31.2. The van der Waals surface area contributed by atoms with Crippen LogP contribution in [-0.4, -0.2) is 19.5 Å². The van der Waals surface area contributed by atoms with Crippen LogP contribution in [0.25, 0.3) is 126 Å². The molecule has 6 heteroatoms. The first kappa shape index (κ1) is 35.6. The third-order valence-corrected chi connectivity index (χ3v) is 13.4. The summed E-state index contributed by atoms with van der Waals surface area (Å²) >= 11 is 1.80. The van der Waals surface area contributed by atoms with Gasteiger partial charge in [-0.05, 0) is 76.9 Å². The normalized spacial score (nSPS) is 11.8. The predicted molar refractivity (Wildman–Crippen MR) is 262 cm³/mol. The van der Waals surface area contributed by atoms with Crippen LogP contribution in [0, 0.1) is 0 Å². The molecule has 0 amide bonds. The van der Waals surface area contributed by atoms with Crippen molar-refractivity contribution in [3.05, 3.63) is 206 Å². The fourth-order valence-corrected chi connectivity index (χ4v) is 10.4. The summed E-state index contributed by atoms with van der Waals surface area (Å²) in [5.41, 5.74) is 12.5. The molecule has 0 atom stereocenters. The highest BCUT2D eigenvalue weighted by Crippen LogP contribution is 2.42. The van der Waals surface area contributed by atoms with Crippen molar-refractivity contribution in [3.8, 4) is 62.1 Å². The molecule has 0 saturated heterocycles. The van der Waals surface area contributed by atoms with Crippen LogP contribution in [-0.2, 0) is 0 Å². The number of aromatic nitrogens is 4. The quantitative estimate of drug-likeness (QED) is 0.168. The number of hydrogen-bond acceptors (Lipinski definition) is 5. The maximum atomic E-state index is 6.74. The van der Waals surface area contributed by atoms with E-state index in [0.29, 0.717) is 17.5 Å². The molecule has 5 nitrogen and oxygen atoms in total. The molecular formula is C57H34N4OS. The Morgan fingerprint density at radius 1 is 0.349 bits per heavy atom. The van der Waals surface area contributed by atoms with E-state index in [1.807, 2.05) is 30.3 Å². The number of rotatable bonds is 6. The molecular weight excluding hydrogens is 789 g/mol. The van der Waals surface area contributed by atoms with Gasteiger partial charge in [-0.3, -0.25) is 0 Å². The summed E-state index contributed by atoms with van der Waals surface area (Å²) in [6.45, 7) is 0. The maximum absolute atomic E-state index is 6.74. The molecule has 0 radical (unpaired) electrons. The molecule has 0 N–H and O–H groups in total. The van der Waals surface area contributed by atoms with Gasteiger partial charge >= 0.3 is 0 Å². The molecule has 13 aromatic rings. The number of thiophene rings is 1. The molecule has 13 rings (SSSR count). The highest BCUT2D eigenvalue weighted by atomic mass is 32.1. The smallest absolute Gasteiger partial charge is 0.164 e. The lowest BCUT2D eigenvalue weighted by Gasteiger charge is -2.10. The van der Waals surface area contributed by atoms with E-state index in [0.717, 1.165) is 60.7 Å². The highest BCUT2D eigenvalue weighted by molar-refractivity contribution is 7.26. The highest BCUT2D eigenvalue weighted by Gasteiger charge is 2.20. The minimum absolute atomic E-state index is 0.588. The summed E-state index contributed by atoms with van der Waals surface area (Å²) in [7, 11) is 0. The Labute approximate surface area is 365 Å². The molecule has 0 fully saturated rings. The second-order valence-electron chi connectivity index (χ2n) is 16.0. The first-order valence-electron chi connectivity index (χ1n) is 21.1. The Morgan fingerprint density at radius 2 is 0.937 bits per heavy atom. The number of benzene rings is 9. The van der Waals surface area contributed by atoms with Gasteiger partial charge in [-0.15, -0.1) is 11.3 Å². The summed E-state index contributed by atoms with van der Waals surface area (Å²) in [4.78, 5) is 15.5. The Bertz CT molecular complexity index is 3910. The van der Waals surface area contributed by atoms with Gasteiger partial charge in [-0.25, -0.2) is 15.0 Å². The van der Waals surface area contributed by atoms with Crippen LogP contribution in [0.5, 0.6) is 0 Å². The van der Waals surface area contributed by atoms with Gasteiger partial charge in [-0.1, -0.05) is 146 Å². The molecule has 0 spiro atoms. The minimum Gasteiger partial charge on any atom is -0.456 e. The van der Waals surface area contributed by atoms with Crippen molar-refractivity contribution in [1.29, 1.82) is 0 Å². The van der Waals surface area contributed by atoms with Gasteiger partial charge in [0.2, 0.25) is 0 Å². The lowest BCUT2D eigenvalue weighted by molar-refractivity contribution is 0.668. The Kier molecular flexibility index (Phi) is 8.01. The van der Waals surface area contributed by atoms with Gasteiger partial charge in [0.25, 0.3) is 0 Å². The number of nitrogens with zero attached hydrogens (tertiary/aromatic N) is 4. The van der Waals surface area contributed by atoms with Gasteiger partial charge in [0.15, 0.2) is 17.5 Å². The van der Waals surface area contributed by atoms with Gasteiger partial charge in [0.05, 0.1) is 11.0 Å². The zero-order valence-electron chi connectivity index (χ0n) is 33.7. The van der Waals surface area contributed by atoms with E-state index in [1.54, 1.807) is 11.3 Å². The number of hydrogen-bond donors (Lipinski definition) is 0. The van der Waals surface area contributed by atoms with Crippen molar-refractivity contribution in [1.82, 2.24) is 19.5 Å². The number of para-hydroxylation sites is 1. The second kappa shape index (κ2) is 14.2. The van der Waals surface area contributed by atoms with Crippen LogP contribution in [0.4, 0.5) is 0 Å².